The third-order valence-electron chi connectivity index (χ3n) is 2.98. The molecule has 1 aliphatic rings. The van der Waals surface area contributed by atoms with Gasteiger partial charge in [-0.2, -0.15) is 0 Å². The number of hydrogen-bond donors (Lipinski definition) is 1. The van der Waals surface area contributed by atoms with Gasteiger partial charge in [0.25, 0.3) is 11.8 Å². The fourth-order valence-corrected chi connectivity index (χ4v) is 2.06. The smallest absolute Gasteiger partial charge is 0.261 e. The lowest BCUT2D eigenvalue weighted by Crippen LogP contribution is -2.32. The molecule has 0 bridgehead atoms. The Morgan fingerprint density at radius 2 is 1.83 bits per heavy atom. The number of benzene rings is 1. The van der Waals surface area contributed by atoms with Gasteiger partial charge in [0.2, 0.25) is 0 Å². The van der Waals surface area contributed by atoms with E-state index in [2.05, 4.69) is 0 Å². The molecule has 0 radical (unpaired) electrons. The van der Waals surface area contributed by atoms with Gasteiger partial charge in [0, 0.05) is 12.2 Å². The fraction of sp³-hybridized carbons (Fsp3) is 0.385. The SMILES string of the molecule is CN(C)CCCN1C(=O)c2ccc(N)cc2C1=O. The van der Waals surface area contributed by atoms with Crippen molar-refractivity contribution in [1.29, 1.82) is 0 Å². The van der Waals surface area contributed by atoms with Crippen LogP contribution >= 0.6 is 0 Å². The summed E-state index contributed by atoms with van der Waals surface area (Å²) in [5.74, 6) is -0.449. The number of fused-ring (bicyclic) bond motifs is 1. The van der Waals surface area contributed by atoms with Crippen LogP contribution in [0, 0.1) is 0 Å². The summed E-state index contributed by atoms with van der Waals surface area (Å²) < 4.78 is 0. The van der Waals surface area contributed by atoms with Crippen molar-refractivity contribution in [2.75, 3.05) is 32.9 Å². The summed E-state index contributed by atoms with van der Waals surface area (Å²) in [6, 6.07) is 4.84. The number of carbonyl (C=O) groups is 2. The first kappa shape index (κ1) is 12.6. The summed E-state index contributed by atoms with van der Waals surface area (Å²) in [6.07, 6.45) is 0.772. The Morgan fingerprint density at radius 1 is 1.17 bits per heavy atom. The van der Waals surface area contributed by atoms with Crippen molar-refractivity contribution in [2.24, 2.45) is 0 Å². The van der Waals surface area contributed by atoms with Crippen molar-refractivity contribution >= 4 is 17.5 Å². The monoisotopic (exact) mass is 247 g/mol. The minimum atomic E-state index is -0.235. The summed E-state index contributed by atoms with van der Waals surface area (Å²) in [7, 11) is 3.92. The third-order valence-corrected chi connectivity index (χ3v) is 2.98. The van der Waals surface area contributed by atoms with Crippen LogP contribution in [0.25, 0.3) is 0 Å². The number of carbonyl (C=O) groups excluding carboxylic acids is 2. The molecular formula is C13H17N3O2. The van der Waals surface area contributed by atoms with E-state index in [4.69, 9.17) is 5.73 Å². The molecule has 2 rings (SSSR count). The standard InChI is InChI=1S/C13H17N3O2/c1-15(2)6-3-7-16-12(17)10-5-4-9(14)8-11(10)13(16)18/h4-5,8H,3,6-7,14H2,1-2H3. The molecule has 2 amide bonds. The van der Waals surface area contributed by atoms with E-state index in [0.29, 0.717) is 23.4 Å². The minimum absolute atomic E-state index is 0.214. The molecule has 0 saturated heterocycles. The second-order valence-electron chi connectivity index (χ2n) is 4.72. The number of nitrogen functional groups attached to an aromatic ring is 1. The Bertz CT molecular complexity index is 497. The number of anilines is 1. The molecule has 0 fully saturated rings. The zero-order valence-electron chi connectivity index (χ0n) is 10.6. The molecular weight excluding hydrogens is 230 g/mol. The molecule has 1 aromatic carbocycles. The van der Waals surface area contributed by atoms with Gasteiger partial charge < -0.3 is 10.6 Å². The zero-order chi connectivity index (χ0) is 13.3. The van der Waals surface area contributed by atoms with E-state index in [-0.39, 0.29) is 11.8 Å². The maximum Gasteiger partial charge on any atom is 0.261 e. The van der Waals surface area contributed by atoms with Gasteiger partial charge in [0.1, 0.15) is 0 Å². The van der Waals surface area contributed by atoms with Crippen molar-refractivity contribution in [3.05, 3.63) is 29.3 Å². The number of imide groups is 1. The Hall–Kier alpha value is -1.88. The molecule has 1 heterocycles. The van der Waals surface area contributed by atoms with Gasteiger partial charge >= 0.3 is 0 Å². The molecule has 18 heavy (non-hydrogen) atoms. The Balaban J connectivity index is 2.13. The quantitative estimate of drug-likeness (QED) is 0.632. The first-order valence-corrected chi connectivity index (χ1v) is 5.91. The van der Waals surface area contributed by atoms with Crippen molar-refractivity contribution in [2.45, 2.75) is 6.42 Å². The van der Waals surface area contributed by atoms with E-state index in [1.165, 1.54) is 4.90 Å². The van der Waals surface area contributed by atoms with Crippen LogP contribution in [0.2, 0.25) is 0 Å². The number of hydrogen-bond acceptors (Lipinski definition) is 4. The van der Waals surface area contributed by atoms with Gasteiger partial charge in [-0.05, 0) is 45.3 Å². The van der Waals surface area contributed by atoms with E-state index < -0.39 is 0 Å². The van der Waals surface area contributed by atoms with Crippen LogP contribution in [0.4, 0.5) is 5.69 Å². The summed E-state index contributed by atoms with van der Waals surface area (Å²) in [5.41, 5.74) is 7.02. The lowest BCUT2D eigenvalue weighted by molar-refractivity contribution is 0.0649. The minimum Gasteiger partial charge on any atom is -0.399 e. The van der Waals surface area contributed by atoms with Crippen molar-refractivity contribution in [1.82, 2.24) is 9.80 Å². The highest BCUT2D eigenvalue weighted by Crippen LogP contribution is 2.24. The van der Waals surface area contributed by atoms with Gasteiger partial charge in [-0.25, -0.2) is 0 Å². The predicted molar refractivity (Wildman–Crippen MR) is 69.4 cm³/mol. The highest BCUT2D eigenvalue weighted by atomic mass is 16.2. The van der Waals surface area contributed by atoms with Gasteiger partial charge in [-0.1, -0.05) is 0 Å². The molecule has 1 aliphatic heterocycles. The lowest BCUT2D eigenvalue weighted by atomic mass is 10.1. The van der Waals surface area contributed by atoms with Crippen LogP contribution in [0.3, 0.4) is 0 Å². The van der Waals surface area contributed by atoms with Crippen molar-refractivity contribution in [3.63, 3.8) is 0 Å². The molecule has 2 N–H and O–H groups in total. The van der Waals surface area contributed by atoms with E-state index in [0.717, 1.165) is 13.0 Å². The number of rotatable bonds is 4. The van der Waals surface area contributed by atoms with Gasteiger partial charge in [-0.15, -0.1) is 0 Å². The fourth-order valence-electron chi connectivity index (χ4n) is 2.06. The molecule has 96 valence electrons. The normalized spacial score (nSPS) is 14.5. The van der Waals surface area contributed by atoms with Crippen molar-refractivity contribution in [3.8, 4) is 0 Å². The van der Waals surface area contributed by atoms with Crippen LogP contribution in [-0.4, -0.2) is 48.8 Å². The van der Waals surface area contributed by atoms with Crippen LogP contribution in [0.15, 0.2) is 18.2 Å². The average molecular weight is 247 g/mol. The molecule has 0 atom stereocenters. The number of nitrogens with two attached hydrogens (primary N) is 1. The highest BCUT2D eigenvalue weighted by Gasteiger charge is 2.34. The molecule has 0 spiro atoms. The summed E-state index contributed by atoms with van der Waals surface area (Å²) >= 11 is 0. The average Bonchev–Trinajstić information content (AvgIpc) is 2.53. The van der Waals surface area contributed by atoms with E-state index >= 15 is 0 Å². The largest absolute Gasteiger partial charge is 0.399 e. The number of amides is 2. The first-order valence-electron chi connectivity index (χ1n) is 5.91. The van der Waals surface area contributed by atoms with Crippen LogP contribution < -0.4 is 5.73 Å². The Labute approximate surface area is 106 Å². The van der Waals surface area contributed by atoms with Gasteiger partial charge in [0.05, 0.1) is 11.1 Å². The molecule has 5 nitrogen and oxygen atoms in total. The lowest BCUT2D eigenvalue weighted by Gasteiger charge is -2.15. The molecule has 0 unspecified atom stereocenters. The molecule has 5 heteroatoms. The molecule has 0 aromatic heterocycles. The zero-order valence-corrected chi connectivity index (χ0v) is 10.6. The second kappa shape index (κ2) is 4.78. The Morgan fingerprint density at radius 3 is 2.50 bits per heavy atom. The summed E-state index contributed by atoms with van der Waals surface area (Å²) in [4.78, 5) is 27.4. The molecule has 0 saturated carbocycles. The number of nitrogens with zero attached hydrogens (tertiary/aromatic N) is 2. The van der Waals surface area contributed by atoms with E-state index in [1.54, 1.807) is 18.2 Å². The van der Waals surface area contributed by atoms with Gasteiger partial charge in [-0.3, -0.25) is 14.5 Å². The van der Waals surface area contributed by atoms with Crippen LogP contribution in [0.1, 0.15) is 27.1 Å². The van der Waals surface area contributed by atoms with Crippen molar-refractivity contribution < 1.29 is 9.59 Å². The Kier molecular flexibility index (Phi) is 3.34. The maximum atomic E-state index is 12.1. The third kappa shape index (κ3) is 2.22. The van der Waals surface area contributed by atoms with E-state index in [1.807, 2.05) is 19.0 Å². The van der Waals surface area contributed by atoms with Crippen LogP contribution in [-0.2, 0) is 0 Å². The maximum absolute atomic E-state index is 12.1. The summed E-state index contributed by atoms with van der Waals surface area (Å²) in [5, 5.41) is 0. The first-order chi connectivity index (χ1) is 8.50. The highest BCUT2D eigenvalue weighted by molar-refractivity contribution is 6.21. The molecule has 0 aliphatic carbocycles. The van der Waals surface area contributed by atoms with Gasteiger partial charge in [0.15, 0.2) is 0 Å². The second-order valence-corrected chi connectivity index (χ2v) is 4.72. The van der Waals surface area contributed by atoms with E-state index in [9.17, 15) is 9.59 Å². The van der Waals surface area contributed by atoms with Crippen LogP contribution in [0.5, 0.6) is 0 Å². The molecule has 1 aromatic rings. The topological polar surface area (TPSA) is 66.6 Å². The predicted octanol–water partition coefficient (Wildman–Crippen LogP) is 0.816. The summed E-state index contributed by atoms with van der Waals surface area (Å²) in [6.45, 7) is 1.29.